The fraction of sp³-hybridized carbons (Fsp3) is 0.294. The van der Waals surface area contributed by atoms with Crippen LogP contribution < -0.4 is 55.4 Å². The Morgan fingerprint density at radius 2 is 0.662 bits per heavy atom. The molecule has 0 saturated carbocycles. The zero-order chi connectivity index (χ0) is 52.7. The molecule has 0 fully saturated rings. The first-order valence-corrected chi connectivity index (χ1v) is 23.1. The van der Waals surface area contributed by atoms with Crippen molar-refractivity contribution in [3.63, 3.8) is 0 Å². The summed E-state index contributed by atoms with van der Waals surface area (Å²) >= 11 is 9.74. The zero-order valence-corrected chi connectivity index (χ0v) is 40.6. The van der Waals surface area contributed by atoms with Crippen molar-refractivity contribution in [2.24, 2.45) is 5.73 Å². The number of rotatable bonds is 18. The van der Waals surface area contributed by atoms with Crippen LogP contribution in [-0.4, -0.2) is 74.9 Å². The van der Waals surface area contributed by atoms with Crippen LogP contribution in [0, 0.1) is 0 Å². The third-order valence-corrected chi connectivity index (χ3v) is 10.6. The molecule has 5 aromatic rings. The van der Waals surface area contributed by atoms with E-state index < -0.39 is 10.5 Å². The van der Waals surface area contributed by atoms with Gasteiger partial charge in [0.25, 0.3) is 0 Å². The van der Waals surface area contributed by atoms with E-state index in [1.165, 1.54) is 24.3 Å². The number of carbonyl (C=O) groups is 6. The number of ether oxygens (including phenoxy) is 6. The molecule has 0 saturated heterocycles. The number of hydrogen-bond acceptors (Lipinski definition) is 17. The number of aromatic hydroxyl groups is 4. The van der Waals surface area contributed by atoms with Gasteiger partial charge in [-0.15, -0.1) is 0 Å². The molecule has 21 nitrogen and oxygen atoms in total. The van der Waals surface area contributed by atoms with Crippen molar-refractivity contribution in [1.29, 1.82) is 0 Å². The molecule has 5 aromatic carbocycles. The molecule has 0 radical (unpaired) electrons. The normalized spacial score (nSPS) is 11.6. The Morgan fingerprint density at radius 1 is 0.392 bits per heavy atom. The van der Waals surface area contributed by atoms with Gasteiger partial charge in [-0.3, -0.25) is 28.8 Å². The summed E-state index contributed by atoms with van der Waals surface area (Å²) in [5.41, 5.74) is 9.56. The molecule has 10 N–H and O–H groups in total. The van der Waals surface area contributed by atoms with Crippen LogP contribution in [0.1, 0.15) is 73.8 Å². The van der Waals surface area contributed by atoms with Crippen LogP contribution in [0.4, 0.5) is 0 Å². The summed E-state index contributed by atoms with van der Waals surface area (Å²) in [5.74, 6) is 2.34. The van der Waals surface area contributed by atoms with Crippen molar-refractivity contribution >= 4 is 57.3 Å². The molecule has 0 atom stereocenters. The molecular formula is C51H57Cl2N5O16. The molecule has 23 heteroatoms. The van der Waals surface area contributed by atoms with Crippen LogP contribution in [-0.2, 0) is 61.5 Å². The molecule has 0 bridgehead atoms. The van der Waals surface area contributed by atoms with Gasteiger partial charge in [0.15, 0.2) is 57.5 Å². The lowest BCUT2D eigenvalue weighted by Crippen LogP contribution is -2.27. The van der Waals surface area contributed by atoms with E-state index in [9.17, 15) is 49.2 Å². The summed E-state index contributed by atoms with van der Waals surface area (Å²) in [4.78, 5) is 67.3. The molecule has 8 rings (SSSR count). The SMILES string of the molecule is C.NCc1ccc2c(c1)OCO2.O=C(CCC(=O)NCc1ccc(O)c(O)c1)NCc1ccc(O)c(O)c1.O=C(CCC(=O)NCc1ccc2c(c1)OCO2)NCc1ccc2c(c1)OCO2.O=C(Cl)CCC(=O)Cl. The van der Waals surface area contributed by atoms with Gasteiger partial charge in [-0.05, 0) is 112 Å². The van der Waals surface area contributed by atoms with Crippen molar-refractivity contribution in [2.45, 2.75) is 78.7 Å². The van der Waals surface area contributed by atoms with Crippen LogP contribution in [0.3, 0.4) is 0 Å². The second kappa shape index (κ2) is 30.0. The van der Waals surface area contributed by atoms with Gasteiger partial charge in [0, 0.05) is 71.2 Å². The van der Waals surface area contributed by atoms with E-state index >= 15 is 0 Å². The summed E-state index contributed by atoms with van der Waals surface area (Å²) in [6.07, 6.45) is 0.302. The number of phenolic OH excluding ortho intramolecular Hbond substituents is 4. The minimum absolute atomic E-state index is 0. The molecule has 3 aliphatic heterocycles. The van der Waals surface area contributed by atoms with Gasteiger partial charge in [-0.1, -0.05) is 37.8 Å². The lowest BCUT2D eigenvalue weighted by atomic mass is 10.2. The van der Waals surface area contributed by atoms with Gasteiger partial charge < -0.3 is 75.8 Å². The third-order valence-electron chi connectivity index (χ3n) is 10.3. The van der Waals surface area contributed by atoms with E-state index in [0.29, 0.717) is 60.6 Å². The van der Waals surface area contributed by atoms with Crippen LogP contribution in [0.15, 0.2) is 91.0 Å². The molecule has 4 amide bonds. The number of carbonyl (C=O) groups excluding carboxylic acids is 6. The standard InChI is InChI=1S/C20H20N2O6.C18H20N2O6.C8H9NO2.C4H4Cl2O2.CH4/c23-19(21-9-13-1-3-15-17(7-13)27-11-25-15)5-6-20(24)22-10-14-2-4-16-18(8-14)28-12-26-16;21-13-3-1-11(7-15(13)23)9-19-17(25)5-6-18(26)20-10-12-2-4-14(22)16(24)8-12;9-4-6-1-2-7-8(3-6)11-5-10-7;5-3(7)1-2-4(6)8;/h1-4,7-8H,5-6,9-12H2,(H,21,23)(H,22,24);1-4,7-8,21-24H,5-6,9-10H2,(H,19,25)(H,20,26);1-3H,4-5,9H2;1-2H2;1H4. The number of benzene rings is 5. The minimum atomic E-state index is -0.529. The Labute approximate surface area is 435 Å². The van der Waals surface area contributed by atoms with Crippen molar-refractivity contribution in [2.75, 3.05) is 20.4 Å². The monoisotopic (exact) mass is 1070 g/mol. The van der Waals surface area contributed by atoms with Gasteiger partial charge in [-0.2, -0.15) is 0 Å². The number of phenols is 4. The quantitative estimate of drug-likeness (QED) is 0.0365. The highest BCUT2D eigenvalue weighted by Crippen LogP contribution is 2.34. The number of nitrogens with two attached hydrogens (primary N) is 1. The molecule has 3 heterocycles. The Hall–Kier alpha value is -8.14. The highest BCUT2D eigenvalue weighted by atomic mass is 35.5. The van der Waals surface area contributed by atoms with Crippen LogP contribution in [0.5, 0.6) is 57.5 Å². The molecule has 74 heavy (non-hydrogen) atoms. The molecule has 0 spiro atoms. The van der Waals surface area contributed by atoms with Gasteiger partial charge in [0.1, 0.15) is 0 Å². The van der Waals surface area contributed by atoms with Gasteiger partial charge in [-0.25, -0.2) is 0 Å². The van der Waals surface area contributed by atoms with E-state index in [4.69, 9.17) is 57.4 Å². The second-order valence-corrected chi connectivity index (χ2v) is 16.6. The van der Waals surface area contributed by atoms with Gasteiger partial charge in [0.05, 0.1) is 0 Å². The topological polar surface area (TPSA) is 313 Å². The Bertz CT molecular complexity index is 2590. The fourth-order valence-electron chi connectivity index (χ4n) is 6.33. The predicted molar refractivity (Wildman–Crippen MR) is 269 cm³/mol. The molecule has 3 aliphatic rings. The Kier molecular flexibility index (Phi) is 23.7. The first-order chi connectivity index (χ1) is 35.0. The first kappa shape index (κ1) is 58.4. The average molecular weight is 1070 g/mol. The van der Waals surface area contributed by atoms with Gasteiger partial charge in [0.2, 0.25) is 54.5 Å². The van der Waals surface area contributed by atoms with Crippen molar-refractivity contribution in [3.8, 4) is 57.5 Å². The average Bonchev–Trinajstić information content (AvgIpc) is 4.18. The highest BCUT2D eigenvalue weighted by molar-refractivity contribution is 6.66. The summed E-state index contributed by atoms with van der Waals surface area (Å²) in [6.45, 7) is 2.36. The van der Waals surface area contributed by atoms with Crippen molar-refractivity contribution in [1.82, 2.24) is 21.3 Å². The fourth-order valence-corrected chi connectivity index (χ4v) is 6.52. The van der Waals surface area contributed by atoms with Crippen molar-refractivity contribution < 1.29 is 77.6 Å². The van der Waals surface area contributed by atoms with Crippen molar-refractivity contribution in [3.05, 3.63) is 119 Å². The molecular weight excluding hydrogens is 1010 g/mol. The molecule has 0 unspecified atom stereocenters. The molecule has 0 aliphatic carbocycles. The summed E-state index contributed by atoms with van der Waals surface area (Å²) < 4.78 is 31.4. The summed E-state index contributed by atoms with van der Waals surface area (Å²) in [7, 11) is 0. The largest absolute Gasteiger partial charge is 0.504 e. The van der Waals surface area contributed by atoms with E-state index in [1.54, 1.807) is 12.1 Å². The maximum absolute atomic E-state index is 12.0. The second-order valence-electron chi connectivity index (χ2n) is 15.7. The number of nitrogens with one attached hydrogen (secondary N) is 4. The summed E-state index contributed by atoms with van der Waals surface area (Å²) in [5, 5.41) is 47.0. The molecule has 396 valence electrons. The van der Waals surface area contributed by atoms with E-state index in [-0.39, 0.29) is 119 Å². The maximum atomic E-state index is 12.0. The maximum Gasteiger partial charge on any atom is 0.231 e. The van der Waals surface area contributed by atoms with Crippen LogP contribution in [0.25, 0.3) is 0 Å². The Morgan fingerprint density at radius 3 is 0.959 bits per heavy atom. The van der Waals surface area contributed by atoms with Gasteiger partial charge >= 0.3 is 0 Å². The predicted octanol–water partition coefficient (Wildman–Crippen LogP) is 5.89. The minimum Gasteiger partial charge on any atom is -0.504 e. The number of hydrogen-bond donors (Lipinski definition) is 9. The number of halogens is 2. The highest BCUT2D eigenvalue weighted by Gasteiger charge is 2.16. The Balaban J connectivity index is 0.000000236. The van der Waals surface area contributed by atoms with E-state index in [0.717, 1.165) is 28.2 Å². The lowest BCUT2D eigenvalue weighted by molar-refractivity contribution is -0.126. The van der Waals surface area contributed by atoms with Crippen LogP contribution in [0.2, 0.25) is 0 Å². The third kappa shape index (κ3) is 20.2. The zero-order valence-electron chi connectivity index (χ0n) is 39.1. The smallest absolute Gasteiger partial charge is 0.231 e. The number of amides is 4. The summed E-state index contributed by atoms with van der Waals surface area (Å²) in [6, 6.07) is 25.2. The van der Waals surface area contributed by atoms with Crippen LogP contribution >= 0.6 is 23.2 Å². The van der Waals surface area contributed by atoms with E-state index in [2.05, 4.69) is 21.3 Å². The molecule has 0 aromatic heterocycles. The van der Waals surface area contributed by atoms with E-state index in [1.807, 2.05) is 54.6 Å². The first-order valence-electron chi connectivity index (χ1n) is 22.4. The lowest BCUT2D eigenvalue weighted by Gasteiger charge is -2.08. The number of fused-ring (bicyclic) bond motifs is 3.